The summed E-state index contributed by atoms with van der Waals surface area (Å²) in [5, 5.41) is 0. The smallest absolute Gasteiger partial charge is 0.165 e. The van der Waals surface area contributed by atoms with Crippen molar-refractivity contribution in [3.63, 3.8) is 0 Å². The predicted molar refractivity (Wildman–Crippen MR) is 144 cm³/mol. The maximum Gasteiger partial charge on any atom is 0.165 e. The lowest BCUT2D eigenvalue weighted by atomic mass is 9.73. The summed E-state index contributed by atoms with van der Waals surface area (Å²) >= 11 is 5.65. The Hall–Kier alpha value is -0.543. The van der Waals surface area contributed by atoms with Gasteiger partial charge in [0.1, 0.15) is 0 Å². The fraction of sp³-hybridized carbons (Fsp3) is 0.793. The Morgan fingerprint density at radius 3 is 2.39 bits per heavy atom. The van der Waals surface area contributed by atoms with E-state index >= 15 is 0 Å². The molecule has 1 aliphatic carbocycles. The topological polar surface area (TPSA) is 9.23 Å². The quantitative estimate of drug-likeness (QED) is 0.142. The van der Waals surface area contributed by atoms with E-state index in [9.17, 15) is 4.39 Å². The lowest BCUT2D eigenvalue weighted by molar-refractivity contribution is 0.184. The SMILES string of the molecule is CCCCC[Si@H]1CC[C@H]([C@H]2CC[C@H](CCCCc3ccc(OCCCCl)c(F)c3)CC2)CC1. The van der Waals surface area contributed by atoms with E-state index in [1.54, 1.807) is 43.1 Å². The highest BCUT2D eigenvalue weighted by Crippen LogP contribution is 2.42. The molecule has 0 spiro atoms. The third-order valence-corrected chi connectivity index (χ3v) is 12.3. The molecule has 2 fully saturated rings. The first kappa shape index (κ1) is 27.1. The van der Waals surface area contributed by atoms with Crippen molar-refractivity contribution in [1.29, 1.82) is 0 Å². The molecule has 0 amide bonds. The zero-order chi connectivity index (χ0) is 23.3. The molecule has 0 unspecified atom stereocenters. The van der Waals surface area contributed by atoms with Crippen LogP contribution in [0.25, 0.3) is 0 Å². The van der Waals surface area contributed by atoms with Crippen LogP contribution in [0.2, 0.25) is 18.1 Å². The number of halogens is 2. The molecule has 0 radical (unpaired) electrons. The van der Waals surface area contributed by atoms with Crippen LogP contribution >= 0.6 is 11.6 Å². The van der Waals surface area contributed by atoms with Gasteiger partial charge in [-0.3, -0.25) is 0 Å². The lowest BCUT2D eigenvalue weighted by Gasteiger charge is -2.37. The van der Waals surface area contributed by atoms with E-state index in [2.05, 4.69) is 6.92 Å². The van der Waals surface area contributed by atoms with Crippen molar-refractivity contribution in [3.8, 4) is 5.75 Å². The second-order valence-corrected chi connectivity index (χ2v) is 14.8. The number of unbranched alkanes of at least 4 members (excludes halogenated alkanes) is 3. The van der Waals surface area contributed by atoms with E-state index < -0.39 is 0 Å². The largest absolute Gasteiger partial charge is 0.490 e. The van der Waals surface area contributed by atoms with Gasteiger partial charge in [-0.25, -0.2) is 4.39 Å². The van der Waals surface area contributed by atoms with Gasteiger partial charge >= 0.3 is 0 Å². The van der Waals surface area contributed by atoms with Gasteiger partial charge in [-0.2, -0.15) is 0 Å². The number of hydrogen-bond donors (Lipinski definition) is 0. The maximum absolute atomic E-state index is 14.2. The second-order valence-electron chi connectivity index (χ2n) is 11.0. The first-order chi connectivity index (χ1) is 16.2. The summed E-state index contributed by atoms with van der Waals surface area (Å²) in [4.78, 5) is 0. The van der Waals surface area contributed by atoms with Crippen LogP contribution in [0.1, 0.15) is 96.0 Å². The summed E-state index contributed by atoms with van der Waals surface area (Å²) < 4.78 is 19.7. The third kappa shape index (κ3) is 9.55. The van der Waals surface area contributed by atoms with Crippen LogP contribution < -0.4 is 4.74 Å². The fourth-order valence-corrected chi connectivity index (χ4v) is 10.0. The van der Waals surface area contributed by atoms with Crippen LogP contribution in [0.4, 0.5) is 4.39 Å². The number of hydrogen-bond acceptors (Lipinski definition) is 1. The minimum absolute atomic E-state index is 0.238. The highest BCUT2D eigenvalue weighted by molar-refractivity contribution is 6.58. The third-order valence-electron chi connectivity index (χ3n) is 8.53. The van der Waals surface area contributed by atoms with E-state index in [0.29, 0.717) is 18.2 Å². The number of benzene rings is 1. The average Bonchev–Trinajstić information content (AvgIpc) is 2.84. The van der Waals surface area contributed by atoms with Gasteiger partial charge in [0, 0.05) is 14.7 Å². The van der Waals surface area contributed by atoms with Crippen molar-refractivity contribution >= 4 is 20.4 Å². The van der Waals surface area contributed by atoms with Gasteiger partial charge in [-0.05, 0) is 67.6 Å². The minimum Gasteiger partial charge on any atom is -0.490 e. The fourth-order valence-electron chi connectivity index (χ4n) is 6.40. The molecule has 0 aromatic heterocycles. The van der Waals surface area contributed by atoms with Gasteiger partial charge in [-0.15, -0.1) is 11.6 Å². The van der Waals surface area contributed by atoms with Crippen LogP contribution in [0.3, 0.4) is 0 Å². The molecule has 1 aromatic carbocycles. The van der Waals surface area contributed by atoms with Crippen molar-refractivity contribution < 1.29 is 9.13 Å². The van der Waals surface area contributed by atoms with E-state index in [1.165, 1.54) is 64.2 Å². The molecular formula is C29H48ClFOSi. The van der Waals surface area contributed by atoms with Gasteiger partial charge in [0.15, 0.2) is 11.6 Å². The number of rotatable bonds is 14. The van der Waals surface area contributed by atoms with Gasteiger partial charge in [0.2, 0.25) is 0 Å². The zero-order valence-electron chi connectivity index (χ0n) is 21.1. The second kappa shape index (κ2) is 15.5. The molecule has 4 heteroatoms. The molecule has 3 rings (SSSR count). The normalized spacial score (nSPS) is 25.8. The Balaban J connectivity index is 1.26. The summed E-state index contributed by atoms with van der Waals surface area (Å²) in [5.41, 5.74) is 1.09. The number of alkyl halides is 1. The Bertz CT molecular complexity index is 653. The van der Waals surface area contributed by atoms with Crippen LogP contribution in [-0.4, -0.2) is 21.3 Å². The highest BCUT2D eigenvalue weighted by atomic mass is 35.5. The minimum atomic E-state index is -0.357. The Morgan fingerprint density at radius 1 is 0.939 bits per heavy atom. The molecule has 1 nitrogen and oxygen atoms in total. The van der Waals surface area contributed by atoms with Crippen LogP contribution in [0.15, 0.2) is 18.2 Å². The molecule has 0 atom stereocenters. The summed E-state index contributed by atoms with van der Waals surface area (Å²) in [6.45, 7) is 2.81. The molecule has 1 saturated heterocycles. The summed E-state index contributed by atoms with van der Waals surface area (Å²) in [6, 6.07) is 10.4. The standard InChI is InChI=1S/C29H48ClFOSi/c1-2-3-6-20-33-21-16-27(17-22-33)26-13-10-24(11-14-26)8-4-5-9-25-12-15-29(28(31)23-25)32-19-7-18-30/h12,15,23-24,26-27,33H,2-11,13-14,16-22H2,1H3/t24-,26-,27-,33-. The van der Waals surface area contributed by atoms with Crippen molar-refractivity contribution in [2.24, 2.45) is 17.8 Å². The van der Waals surface area contributed by atoms with Crippen molar-refractivity contribution in [1.82, 2.24) is 0 Å². The molecule has 188 valence electrons. The maximum atomic E-state index is 14.2. The molecule has 2 aliphatic rings. The van der Waals surface area contributed by atoms with Gasteiger partial charge < -0.3 is 4.74 Å². The molecule has 1 heterocycles. The highest BCUT2D eigenvalue weighted by Gasteiger charge is 2.30. The van der Waals surface area contributed by atoms with Gasteiger partial charge in [-0.1, -0.05) is 88.9 Å². The number of aryl methyl sites for hydroxylation is 1. The molecule has 1 aliphatic heterocycles. The van der Waals surface area contributed by atoms with E-state index in [4.69, 9.17) is 16.3 Å². The van der Waals surface area contributed by atoms with Crippen molar-refractivity contribution in [3.05, 3.63) is 29.6 Å². The molecule has 1 saturated carbocycles. The first-order valence-corrected chi connectivity index (χ1v) is 17.1. The van der Waals surface area contributed by atoms with Crippen LogP contribution in [0, 0.1) is 23.6 Å². The summed E-state index contributed by atoms with van der Waals surface area (Å²) in [7, 11) is -0.357. The Labute approximate surface area is 209 Å². The average molecular weight is 495 g/mol. The van der Waals surface area contributed by atoms with E-state index in [0.717, 1.165) is 36.2 Å². The molecule has 1 aromatic rings. The summed E-state index contributed by atoms with van der Waals surface area (Å²) in [5.74, 6) is 3.71. The van der Waals surface area contributed by atoms with Crippen molar-refractivity contribution in [2.75, 3.05) is 12.5 Å². The Kier molecular flexibility index (Phi) is 12.7. The van der Waals surface area contributed by atoms with Gasteiger partial charge in [0.25, 0.3) is 0 Å². The Morgan fingerprint density at radius 2 is 1.70 bits per heavy atom. The zero-order valence-corrected chi connectivity index (χ0v) is 23.1. The van der Waals surface area contributed by atoms with Gasteiger partial charge in [0.05, 0.1) is 6.61 Å². The van der Waals surface area contributed by atoms with Crippen molar-refractivity contribution in [2.45, 2.75) is 115 Å². The number of ether oxygens (including phenoxy) is 1. The summed E-state index contributed by atoms with van der Waals surface area (Å²) in [6.07, 6.45) is 18.9. The first-order valence-electron chi connectivity index (χ1n) is 14.2. The van der Waals surface area contributed by atoms with E-state index in [-0.39, 0.29) is 14.6 Å². The monoisotopic (exact) mass is 494 g/mol. The van der Waals surface area contributed by atoms with Crippen LogP contribution in [-0.2, 0) is 6.42 Å². The van der Waals surface area contributed by atoms with Crippen LogP contribution in [0.5, 0.6) is 5.75 Å². The molecule has 0 N–H and O–H groups in total. The molecular weight excluding hydrogens is 447 g/mol. The molecule has 0 bridgehead atoms. The molecule has 33 heavy (non-hydrogen) atoms. The lowest BCUT2D eigenvalue weighted by Crippen LogP contribution is -2.28. The van der Waals surface area contributed by atoms with E-state index in [1.807, 2.05) is 6.07 Å². The predicted octanol–water partition coefficient (Wildman–Crippen LogP) is 9.18.